The van der Waals surface area contributed by atoms with E-state index in [0.717, 1.165) is 56.4 Å². The van der Waals surface area contributed by atoms with Crippen molar-refractivity contribution in [3.8, 4) is 0 Å². The summed E-state index contributed by atoms with van der Waals surface area (Å²) in [5.41, 5.74) is 4.25. The molecule has 0 saturated carbocycles. The first-order valence-corrected chi connectivity index (χ1v) is 44.1. The molecule has 3 N–H and O–H groups in total. The number of fused-ring (bicyclic) bond motifs is 1. The lowest BCUT2D eigenvalue weighted by atomic mass is 9.84. The third-order valence-corrected chi connectivity index (χ3v) is 23.7. The first-order chi connectivity index (χ1) is 47.7. The number of hydrogen-bond donors (Lipinski definition) is 3. The van der Waals surface area contributed by atoms with Gasteiger partial charge in [0.1, 0.15) is 0 Å². The highest BCUT2D eigenvalue weighted by atomic mass is 16.5. The highest BCUT2D eigenvalue weighted by molar-refractivity contribution is 5.00. The Hall–Kier alpha value is -0.560. The Morgan fingerprint density at radius 1 is 0.299 bits per heavy atom. The monoisotopic (exact) mass is 1510 g/mol. The Morgan fingerprint density at radius 3 is 0.944 bits per heavy atom. The first kappa shape index (κ1) is 103. The predicted molar refractivity (Wildman–Crippen MR) is 475 cm³/mol. The molecule has 0 aliphatic carbocycles. The maximum Gasteiger partial charge on any atom is 0.0602 e. The summed E-state index contributed by atoms with van der Waals surface area (Å²) >= 11 is 0. The van der Waals surface area contributed by atoms with Crippen molar-refractivity contribution in [1.29, 1.82) is 0 Å². The number of hydrogen-bond acceptors (Lipinski definition) is 14. The van der Waals surface area contributed by atoms with Gasteiger partial charge in [-0.25, -0.2) is 0 Å². The van der Waals surface area contributed by atoms with E-state index in [0.29, 0.717) is 79.5 Å². The van der Waals surface area contributed by atoms with Gasteiger partial charge in [-0.05, 0) is 378 Å². The molecular weight excluding hydrogens is 1320 g/mol. The van der Waals surface area contributed by atoms with Crippen LogP contribution in [0, 0.1) is 29.1 Å². The van der Waals surface area contributed by atoms with Crippen LogP contribution in [0.1, 0.15) is 343 Å². The maximum atomic E-state index is 6.09. The fourth-order valence-electron chi connectivity index (χ4n) is 17.2. The number of piperazine rings is 3. The Morgan fingerprint density at radius 2 is 0.617 bits per heavy atom. The SMILES string of the molecule is CC(C)(C)CC1CCN(C(C)(C)C)C1.CC(C)(C)N1CC2CN(C(C)(C)C)CC2C1.CC(C)(C)N1CCN(C(C)(C)C)CC1.CC(C)(C)NCC1CCN(C(C)(C)C)C1.CC(C)(C)NCC1CN(C(C)(C)C)CCN1.CC(C)(C)OC1CCCN(C(C)(C)C)CC1.CC1CN(C(C)(C)C)CC(C)N1C(C)(C)C. The van der Waals surface area contributed by atoms with Crippen molar-refractivity contribution in [3.63, 3.8) is 0 Å². The Bertz CT molecular complexity index is 2300. The Balaban J connectivity index is 0.000000424. The molecule has 8 saturated heterocycles. The molecule has 8 aliphatic heterocycles. The van der Waals surface area contributed by atoms with E-state index in [-0.39, 0.29) is 22.2 Å². The molecule has 8 fully saturated rings. The van der Waals surface area contributed by atoms with E-state index in [1.54, 1.807) is 0 Å². The summed E-state index contributed by atoms with van der Waals surface area (Å²) in [7, 11) is 0. The lowest BCUT2D eigenvalue weighted by Crippen LogP contribution is -2.65. The maximum absolute atomic E-state index is 6.09. The second-order valence-electron chi connectivity index (χ2n) is 49.1. The normalized spacial score (nSPS) is 26.9. The molecule has 0 aromatic heterocycles. The predicted octanol–water partition coefficient (Wildman–Crippen LogP) is 18.6. The average Bonchev–Trinajstić information content (AvgIpc) is 1.75. The molecule has 8 rings (SSSR count). The zero-order chi connectivity index (χ0) is 83.3. The van der Waals surface area contributed by atoms with E-state index in [1.165, 1.54) is 143 Å². The summed E-state index contributed by atoms with van der Waals surface area (Å²) in [5.74, 6) is 3.59. The van der Waals surface area contributed by atoms with Gasteiger partial charge < -0.3 is 20.7 Å². The van der Waals surface area contributed by atoms with Gasteiger partial charge in [-0.2, -0.15) is 0 Å². The third kappa shape index (κ3) is 40.7. The summed E-state index contributed by atoms with van der Waals surface area (Å²) in [6.07, 6.45) is 8.22. The van der Waals surface area contributed by atoms with Crippen molar-refractivity contribution in [2.24, 2.45) is 29.1 Å². The molecular formula is C93H197N13O. The van der Waals surface area contributed by atoms with Crippen molar-refractivity contribution < 1.29 is 4.74 Å². The molecule has 6 atom stereocenters. The third-order valence-electron chi connectivity index (χ3n) is 23.7. The van der Waals surface area contributed by atoms with E-state index in [9.17, 15) is 0 Å². The lowest BCUT2D eigenvalue weighted by Gasteiger charge is -2.53. The first-order valence-electron chi connectivity index (χ1n) is 44.1. The van der Waals surface area contributed by atoms with Crippen LogP contribution in [-0.2, 0) is 4.74 Å². The summed E-state index contributed by atoms with van der Waals surface area (Å²) in [6, 6.07) is 1.86. The lowest BCUT2D eigenvalue weighted by molar-refractivity contribution is -0.0652. The topological polar surface area (TPSA) is 77.7 Å². The second-order valence-corrected chi connectivity index (χ2v) is 49.1. The highest BCUT2D eigenvalue weighted by Crippen LogP contribution is 2.38. The molecule has 0 aromatic carbocycles. The van der Waals surface area contributed by atoms with Gasteiger partial charge in [0.15, 0.2) is 0 Å². The number of rotatable bonds is 6. The minimum atomic E-state index is 0.00156. The molecule has 8 heterocycles. The van der Waals surface area contributed by atoms with Gasteiger partial charge >= 0.3 is 0 Å². The van der Waals surface area contributed by atoms with E-state index in [4.69, 9.17) is 4.74 Å². The molecule has 14 heteroatoms. The molecule has 0 aromatic rings. The smallest absolute Gasteiger partial charge is 0.0602 e. The van der Waals surface area contributed by atoms with Crippen LogP contribution in [0.4, 0.5) is 0 Å². The van der Waals surface area contributed by atoms with E-state index < -0.39 is 0 Å². The van der Waals surface area contributed by atoms with Crippen molar-refractivity contribution in [2.45, 2.75) is 439 Å². The molecule has 0 spiro atoms. The van der Waals surface area contributed by atoms with Gasteiger partial charge in [0.2, 0.25) is 0 Å². The quantitative estimate of drug-likeness (QED) is 0.236. The Labute approximate surface area is 672 Å². The largest absolute Gasteiger partial charge is 0.373 e. The number of ether oxygens (including phenoxy) is 1. The number of likely N-dealkylation sites (tertiary alicyclic amines) is 5. The molecule has 107 heavy (non-hydrogen) atoms. The Kier molecular flexibility index (Phi) is 38.8. The van der Waals surface area contributed by atoms with Crippen LogP contribution in [0.25, 0.3) is 0 Å². The van der Waals surface area contributed by atoms with Crippen molar-refractivity contribution >= 4 is 0 Å². The van der Waals surface area contributed by atoms with Crippen LogP contribution < -0.4 is 16.0 Å². The summed E-state index contributed by atoms with van der Waals surface area (Å²) in [5, 5.41) is 10.8. The average molecular weight is 1510 g/mol. The molecule has 0 bridgehead atoms. The fraction of sp³-hybridized carbons (Fsp3) is 1.00. The van der Waals surface area contributed by atoms with Crippen LogP contribution in [-0.4, -0.2) is 283 Å². The van der Waals surface area contributed by atoms with Crippen LogP contribution in [0.3, 0.4) is 0 Å². The van der Waals surface area contributed by atoms with E-state index >= 15 is 0 Å². The van der Waals surface area contributed by atoms with Crippen molar-refractivity contribution in [1.82, 2.24) is 64.9 Å². The van der Waals surface area contributed by atoms with Gasteiger partial charge in [-0.1, -0.05) is 20.8 Å². The van der Waals surface area contributed by atoms with Crippen molar-refractivity contribution in [2.75, 3.05) is 137 Å². The molecule has 0 radical (unpaired) electrons. The molecule has 6 unspecified atom stereocenters. The van der Waals surface area contributed by atoms with E-state index in [2.05, 4.69) is 370 Å². The van der Waals surface area contributed by atoms with Gasteiger partial charge in [-0.15, -0.1) is 0 Å². The van der Waals surface area contributed by atoms with Gasteiger partial charge in [-0.3, -0.25) is 49.0 Å². The second kappa shape index (κ2) is 40.5. The molecule has 8 aliphatic rings. The van der Waals surface area contributed by atoms with Crippen LogP contribution in [0.2, 0.25) is 0 Å². The van der Waals surface area contributed by atoms with Gasteiger partial charge in [0.25, 0.3) is 0 Å². The zero-order valence-electron chi connectivity index (χ0n) is 81.1. The standard InChI is InChI=1S/C14H28N2.C14H30N2.C14H29NO.C13H29N3.C13H28N2.C13H27N.C12H26N2/c1-13(2,3)15-7-11-9-16(14(4,5)6)10-12(11)8-15;1-11-9-15(13(3,4)5)10-12(2)16(11)14(6,7)8;1-13(2,3)15-10-7-8-12(9-11-15)16-14(4,5)6;1-12(2,3)15-9-11-10-16(8-7-14-11)13(4,5)6;1-12(2,3)14-9-11-7-8-15(10-11)13(4,5)6;1-12(2,3)9-11-7-8-14(10-11)13(4,5)6;1-11(2,3)13-7-9-14(10-8-13)12(4,5)6/h11-12H,7-10H2,1-6H3;11-12H,9-10H2,1-8H3;12H,7-11H2,1-6H3;11,14-15H,7-10H2,1-6H3;11,14H,7-10H2,1-6H3;11H,7-10H2,1-6H3;7-10H2,1-6H3. The minimum Gasteiger partial charge on any atom is -0.373 e. The highest BCUT2D eigenvalue weighted by Gasteiger charge is 2.46. The summed E-state index contributed by atoms with van der Waals surface area (Å²) in [6.45, 7) is 127. The molecule has 0 amide bonds. The van der Waals surface area contributed by atoms with E-state index in [1.807, 2.05) is 0 Å². The minimum absolute atomic E-state index is 0.00156. The number of nitrogens with zero attached hydrogens (tertiary/aromatic N) is 10. The number of nitrogens with one attached hydrogen (secondary N) is 3. The van der Waals surface area contributed by atoms with Gasteiger partial charge in [0.05, 0.1) is 11.7 Å². The zero-order valence-corrected chi connectivity index (χ0v) is 81.1. The summed E-state index contributed by atoms with van der Waals surface area (Å²) < 4.78 is 6.09. The molecule has 640 valence electrons. The van der Waals surface area contributed by atoms with Crippen LogP contribution >= 0.6 is 0 Å². The van der Waals surface area contributed by atoms with Gasteiger partial charge in [0, 0.05) is 196 Å². The van der Waals surface area contributed by atoms with Crippen LogP contribution in [0.5, 0.6) is 0 Å². The fourth-order valence-corrected chi connectivity index (χ4v) is 17.2. The molecule has 14 nitrogen and oxygen atoms in total. The van der Waals surface area contributed by atoms with Crippen molar-refractivity contribution in [3.05, 3.63) is 0 Å². The summed E-state index contributed by atoms with van der Waals surface area (Å²) in [4.78, 5) is 26.2. The van der Waals surface area contributed by atoms with Crippen LogP contribution in [0.15, 0.2) is 0 Å².